The van der Waals surface area contributed by atoms with Crippen molar-refractivity contribution in [1.29, 1.82) is 0 Å². The molecule has 0 aliphatic rings. The molecular formula is C24H21BrN4OS. The van der Waals surface area contributed by atoms with Crippen LogP contribution in [0.5, 0.6) is 0 Å². The monoisotopic (exact) mass is 492 g/mol. The number of halogens is 1. The summed E-state index contributed by atoms with van der Waals surface area (Å²) in [5, 5.41) is 15.5. The van der Waals surface area contributed by atoms with Gasteiger partial charge in [-0.15, -0.1) is 10.2 Å². The fourth-order valence-electron chi connectivity index (χ4n) is 3.34. The van der Waals surface area contributed by atoms with Crippen LogP contribution < -0.4 is 10.6 Å². The number of carbonyl (C=O) groups is 1. The summed E-state index contributed by atoms with van der Waals surface area (Å²) in [6.45, 7) is 0.740. The van der Waals surface area contributed by atoms with Crippen LogP contribution in [-0.4, -0.2) is 22.6 Å². The maximum absolute atomic E-state index is 12.3. The number of anilines is 2. The van der Waals surface area contributed by atoms with Gasteiger partial charge in [-0.25, -0.2) is 0 Å². The minimum atomic E-state index is -0.205. The Bertz CT molecular complexity index is 1080. The van der Waals surface area contributed by atoms with E-state index in [0.29, 0.717) is 21.7 Å². The van der Waals surface area contributed by atoms with Gasteiger partial charge in [0, 0.05) is 22.5 Å². The largest absolute Gasteiger partial charge is 0.360 e. The van der Waals surface area contributed by atoms with E-state index in [1.165, 1.54) is 22.5 Å². The van der Waals surface area contributed by atoms with Gasteiger partial charge in [-0.1, -0.05) is 87.9 Å². The van der Waals surface area contributed by atoms with E-state index in [2.05, 4.69) is 85.3 Å². The molecule has 0 fully saturated rings. The number of carbonyl (C=O) groups excluding carboxylic acids is 1. The Labute approximate surface area is 193 Å². The highest BCUT2D eigenvalue weighted by molar-refractivity contribution is 9.10. The van der Waals surface area contributed by atoms with Crippen LogP contribution in [0.1, 0.15) is 33.8 Å². The predicted molar refractivity (Wildman–Crippen MR) is 130 cm³/mol. The molecule has 1 amide bonds. The molecule has 0 saturated carbocycles. The quantitative estimate of drug-likeness (QED) is 0.307. The zero-order valence-electron chi connectivity index (χ0n) is 16.7. The second-order valence-electron chi connectivity index (χ2n) is 6.96. The van der Waals surface area contributed by atoms with E-state index in [1.54, 1.807) is 12.1 Å². The van der Waals surface area contributed by atoms with Crippen molar-refractivity contribution in [3.8, 4) is 0 Å². The molecule has 0 spiro atoms. The smallest absolute Gasteiger partial charge is 0.257 e. The standard InChI is InChI=1S/C24H21BrN4OS/c25-20-13-11-19(12-14-20)22(30)27-24-29-28-23(31-24)26-16-15-21(17-7-3-1-4-8-17)18-9-5-2-6-10-18/h1-14,21H,15-16H2,(H,26,28)(H,27,29,30). The van der Waals surface area contributed by atoms with Crippen molar-refractivity contribution < 1.29 is 4.79 Å². The number of hydrogen-bond donors (Lipinski definition) is 2. The minimum Gasteiger partial charge on any atom is -0.360 e. The van der Waals surface area contributed by atoms with Gasteiger partial charge >= 0.3 is 0 Å². The van der Waals surface area contributed by atoms with Gasteiger partial charge in [0.2, 0.25) is 10.3 Å². The normalized spacial score (nSPS) is 10.8. The van der Waals surface area contributed by atoms with Crippen LogP contribution >= 0.6 is 27.3 Å². The molecule has 1 aromatic heterocycles. The van der Waals surface area contributed by atoms with E-state index < -0.39 is 0 Å². The Morgan fingerprint density at radius 2 is 1.42 bits per heavy atom. The summed E-state index contributed by atoms with van der Waals surface area (Å²) in [7, 11) is 0. The molecule has 4 rings (SSSR count). The highest BCUT2D eigenvalue weighted by Gasteiger charge is 2.14. The first-order chi connectivity index (χ1) is 15.2. The second kappa shape index (κ2) is 10.3. The van der Waals surface area contributed by atoms with Gasteiger partial charge in [0.1, 0.15) is 0 Å². The van der Waals surface area contributed by atoms with E-state index in [-0.39, 0.29) is 5.91 Å². The van der Waals surface area contributed by atoms with E-state index in [4.69, 9.17) is 0 Å². The Morgan fingerprint density at radius 1 is 0.839 bits per heavy atom. The van der Waals surface area contributed by atoms with E-state index in [1.807, 2.05) is 24.3 Å². The molecule has 2 N–H and O–H groups in total. The Kier molecular flexibility index (Phi) is 7.07. The number of hydrogen-bond acceptors (Lipinski definition) is 5. The number of aromatic nitrogens is 2. The molecule has 0 bridgehead atoms. The van der Waals surface area contributed by atoms with Crippen molar-refractivity contribution in [1.82, 2.24) is 10.2 Å². The zero-order chi connectivity index (χ0) is 21.5. The van der Waals surface area contributed by atoms with Gasteiger partial charge in [0.15, 0.2) is 0 Å². The van der Waals surface area contributed by atoms with Crippen molar-refractivity contribution in [3.63, 3.8) is 0 Å². The summed E-state index contributed by atoms with van der Waals surface area (Å²) in [4.78, 5) is 12.3. The molecule has 0 aliphatic heterocycles. The van der Waals surface area contributed by atoms with Crippen molar-refractivity contribution in [2.75, 3.05) is 17.2 Å². The molecule has 31 heavy (non-hydrogen) atoms. The molecule has 1 heterocycles. The number of nitrogens with zero attached hydrogens (tertiary/aromatic N) is 2. The van der Waals surface area contributed by atoms with Crippen LogP contribution in [0.25, 0.3) is 0 Å². The highest BCUT2D eigenvalue weighted by Crippen LogP contribution is 2.28. The van der Waals surface area contributed by atoms with Crippen molar-refractivity contribution in [2.45, 2.75) is 12.3 Å². The van der Waals surface area contributed by atoms with Gasteiger partial charge in [-0.05, 0) is 41.8 Å². The Balaban J connectivity index is 1.36. The summed E-state index contributed by atoms with van der Waals surface area (Å²) in [5.41, 5.74) is 3.15. The summed E-state index contributed by atoms with van der Waals surface area (Å²) in [6, 6.07) is 28.2. The molecule has 0 saturated heterocycles. The van der Waals surface area contributed by atoms with Crippen LogP contribution in [0.2, 0.25) is 0 Å². The maximum Gasteiger partial charge on any atom is 0.257 e. The third-order valence-corrected chi connectivity index (χ3v) is 6.19. The van der Waals surface area contributed by atoms with Gasteiger partial charge in [0.05, 0.1) is 0 Å². The van der Waals surface area contributed by atoms with Gasteiger partial charge in [-0.3, -0.25) is 10.1 Å². The molecule has 156 valence electrons. The molecule has 0 radical (unpaired) electrons. The number of amides is 1. The Morgan fingerprint density at radius 3 is 2.03 bits per heavy atom. The lowest BCUT2D eigenvalue weighted by molar-refractivity contribution is 0.102. The summed E-state index contributed by atoms with van der Waals surface area (Å²) < 4.78 is 0.927. The molecule has 0 atom stereocenters. The molecule has 3 aromatic carbocycles. The summed E-state index contributed by atoms with van der Waals surface area (Å²) in [5.74, 6) is 0.0859. The predicted octanol–water partition coefficient (Wildman–Crippen LogP) is 6.19. The van der Waals surface area contributed by atoms with Gasteiger partial charge < -0.3 is 5.32 Å². The third-order valence-electron chi connectivity index (χ3n) is 4.86. The van der Waals surface area contributed by atoms with E-state index >= 15 is 0 Å². The van der Waals surface area contributed by atoms with Crippen LogP contribution in [0.4, 0.5) is 10.3 Å². The first kappa shape index (κ1) is 21.2. The fraction of sp³-hybridized carbons (Fsp3) is 0.125. The van der Waals surface area contributed by atoms with Crippen molar-refractivity contribution >= 4 is 43.4 Å². The SMILES string of the molecule is O=C(Nc1nnc(NCCC(c2ccccc2)c2ccccc2)s1)c1ccc(Br)cc1. The molecule has 5 nitrogen and oxygen atoms in total. The first-order valence-corrected chi connectivity index (χ1v) is 11.5. The summed E-state index contributed by atoms with van der Waals surface area (Å²) in [6.07, 6.45) is 0.911. The van der Waals surface area contributed by atoms with E-state index in [9.17, 15) is 4.79 Å². The van der Waals surface area contributed by atoms with Gasteiger partial charge in [0.25, 0.3) is 5.91 Å². The lowest BCUT2D eigenvalue weighted by Gasteiger charge is -2.18. The summed E-state index contributed by atoms with van der Waals surface area (Å²) >= 11 is 4.70. The van der Waals surface area contributed by atoms with Gasteiger partial charge in [-0.2, -0.15) is 0 Å². The minimum absolute atomic E-state index is 0.205. The van der Waals surface area contributed by atoms with Crippen molar-refractivity contribution in [3.05, 3.63) is 106 Å². The van der Waals surface area contributed by atoms with Crippen LogP contribution in [0, 0.1) is 0 Å². The lowest BCUT2D eigenvalue weighted by Crippen LogP contribution is -2.11. The number of benzene rings is 3. The Hall–Kier alpha value is -3.03. The van der Waals surface area contributed by atoms with Crippen molar-refractivity contribution in [2.24, 2.45) is 0 Å². The zero-order valence-corrected chi connectivity index (χ0v) is 19.1. The van der Waals surface area contributed by atoms with E-state index in [0.717, 1.165) is 17.4 Å². The molecule has 4 aromatic rings. The molecular weight excluding hydrogens is 472 g/mol. The molecule has 0 unspecified atom stereocenters. The maximum atomic E-state index is 12.3. The highest BCUT2D eigenvalue weighted by atomic mass is 79.9. The van der Waals surface area contributed by atoms with Crippen LogP contribution in [0.3, 0.4) is 0 Å². The number of rotatable bonds is 8. The first-order valence-electron chi connectivity index (χ1n) is 9.93. The number of nitrogens with one attached hydrogen (secondary N) is 2. The second-order valence-corrected chi connectivity index (χ2v) is 8.86. The molecule has 7 heteroatoms. The average molecular weight is 493 g/mol. The topological polar surface area (TPSA) is 66.9 Å². The fourth-order valence-corrected chi connectivity index (χ4v) is 4.26. The molecule has 0 aliphatic carbocycles. The lowest BCUT2D eigenvalue weighted by atomic mass is 9.88. The average Bonchev–Trinajstić information content (AvgIpc) is 3.25. The third kappa shape index (κ3) is 5.77. The van der Waals surface area contributed by atoms with Crippen LogP contribution in [-0.2, 0) is 0 Å². The van der Waals surface area contributed by atoms with Crippen LogP contribution in [0.15, 0.2) is 89.4 Å².